The minimum absolute atomic E-state index is 0.148. The predicted octanol–water partition coefficient (Wildman–Crippen LogP) is 1.58. The first-order chi connectivity index (χ1) is 2.77. The Balaban J connectivity index is 2.63. The zero-order valence-electron chi connectivity index (χ0n) is 3.78. The smallest absolute Gasteiger partial charge is 0.109 e. The Morgan fingerprint density at radius 1 is 2.00 bits per heavy atom. The van der Waals surface area contributed by atoms with Gasteiger partial charge in [0.1, 0.15) is 5.01 Å². The molecule has 0 aliphatic carbocycles. The first-order valence-electron chi connectivity index (χ1n) is 1.82. The van der Waals surface area contributed by atoms with Crippen LogP contribution in [0.1, 0.15) is 6.92 Å². The van der Waals surface area contributed by atoms with Gasteiger partial charge in [0.05, 0.1) is 0 Å². The third-order valence-corrected chi connectivity index (χ3v) is 0.612. The molecule has 0 saturated carbocycles. The molecule has 37 valence electrons. The Bertz CT molecular complexity index is 28.7. The molecule has 1 nitrogen and oxygen atoms in total. The van der Waals surface area contributed by atoms with Gasteiger partial charge in [0, 0.05) is 6.61 Å². The van der Waals surface area contributed by atoms with Crippen LogP contribution in [0.5, 0.6) is 0 Å². The second kappa shape index (κ2) is 3.62. The minimum Gasteiger partial charge on any atom is -0.367 e. The van der Waals surface area contributed by atoms with Crippen molar-refractivity contribution in [1.29, 1.82) is 0 Å². The highest BCUT2D eigenvalue weighted by Gasteiger charge is 1.86. The van der Waals surface area contributed by atoms with Gasteiger partial charge in [0.2, 0.25) is 0 Å². The lowest BCUT2D eigenvalue weighted by Crippen LogP contribution is -1.95. The lowest BCUT2D eigenvalue weighted by Gasteiger charge is -1.98. The molecule has 0 N–H and O–H groups in total. The molecular formula is C4H8BrO. The maximum Gasteiger partial charge on any atom is 0.109 e. The van der Waals surface area contributed by atoms with Crippen LogP contribution < -0.4 is 0 Å². The Hall–Kier alpha value is 0.440. The molecule has 0 bridgehead atoms. The van der Waals surface area contributed by atoms with Crippen LogP contribution in [0, 0.1) is 6.92 Å². The van der Waals surface area contributed by atoms with Crippen molar-refractivity contribution in [1.82, 2.24) is 0 Å². The predicted molar refractivity (Wildman–Crippen MR) is 29.7 cm³/mol. The largest absolute Gasteiger partial charge is 0.367 e. The summed E-state index contributed by atoms with van der Waals surface area (Å²) in [5, 5.41) is 0.148. The van der Waals surface area contributed by atoms with Crippen LogP contribution in [0.3, 0.4) is 0 Å². The van der Waals surface area contributed by atoms with Crippen molar-refractivity contribution in [2.75, 3.05) is 6.61 Å². The average Bonchev–Trinajstić information content (AvgIpc) is 1.35. The zero-order valence-corrected chi connectivity index (χ0v) is 5.36. The summed E-state index contributed by atoms with van der Waals surface area (Å²) >= 11 is 3.17. The Morgan fingerprint density at radius 3 is 2.50 bits per heavy atom. The summed E-state index contributed by atoms with van der Waals surface area (Å²) in [7, 11) is 0. The van der Waals surface area contributed by atoms with E-state index in [9.17, 15) is 0 Å². The van der Waals surface area contributed by atoms with Gasteiger partial charge in [-0.25, -0.2) is 0 Å². The quantitative estimate of drug-likeness (QED) is 0.545. The van der Waals surface area contributed by atoms with Gasteiger partial charge in [-0.3, -0.25) is 0 Å². The number of hydrogen-bond acceptors (Lipinski definition) is 1. The summed E-state index contributed by atoms with van der Waals surface area (Å²) in [6.45, 7) is 5.92. The van der Waals surface area contributed by atoms with Crippen LogP contribution in [0.4, 0.5) is 0 Å². The minimum atomic E-state index is 0.148. The summed E-state index contributed by atoms with van der Waals surface area (Å²) in [6.07, 6.45) is 0. The molecule has 0 amide bonds. The molecule has 1 unspecified atom stereocenters. The van der Waals surface area contributed by atoms with Gasteiger partial charge in [0.15, 0.2) is 0 Å². The van der Waals surface area contributed by atoms with Crippen molar-refractivity contribution >= 4 is 15.9 Å². The highest BCUT2D eigenvalue weighted by Crippen LogP contribution is 1.96. The summed E-state index contributed by atoms with van der Waals surface area (Å²) in [5.74, 6) is 0. The molecule has 0 rings (SSSR count). The van der Waals surface area contributed by atoms with E-state index in [4.69, 9.17) is 4.74 Å². The molecule has 0 aliphatic rings. The summed E-state index contributed by atoms with van der Waals surface area (Å²) in [4.78, 5) is 0. The van der Waals surface area contributed by atoms with Crippen LogP contribution >= 0.6 is 15.9 Å². The fourth-order valence-electron chi connectivity index (χ4n) is 0.162. The third-order valence-electron chi connectivity index (χ3n) is 0.348. The number of alkyl halides is 1. The van der Waals surface area contributed by atoms with Crippen molar-refractivity contribution in [2.45, 2.75) is 11.9 Å². The monoisotopic (exact) mass is 151 g/mol. The highest BCUT2D eigenvalue weighted by atomic mass is 79.9. The first kappa shape index (κ1) is 6.44. The van der Waals surface area contributed by atoms with E-state index in [1.165, 1.54) is 0 Å². The van der Waals surface area contributed by atoms with E-state index in [-0.39, 0.29) is 5.01 Å². The second-order valence-corrected chi connectivity index (χ2v) is 2.20. The summed E-state index contributed by atoms with van der Waals surface area (Å²) in [6, 6.07) is 0. The molecule has 0 saturated heterocycles. The first-order valence-corrected chi connectivity index (χ1v) is 2.74. The van der Waals surface area contributed by atoms with Crippen molar-refractivity contribution < 1.29 is 4.74 Å². The zero-order chi connectivity index (χ0) is 4.99. The molecule has 6 heavy (non-hydrogen) atoms. The van der Waals surface area contributed by atoms with E-state index in [0.717, 1.165) is 0 Å². The number of hydrogen-bond donors (Lipinski definition) is 0. The van der Waals surface area contributed by atoms with Crippen molar-refractivity contribution in [3.63, 3.8) is 0 Å². The van der Waals surface area contributed by atoms with Gasteiger partial charge in [-0.15, -0.1) is 0 Å². The van der Waals surface area contributed by atoms with E-state index in [2.05, 4.69) is 22.9 Å². The van der Waals surface area contributed by atoms with Crippen LogP contribution in [0.15, 0.2) is 0 Å². The maximum absolute atomic E-state index is 4.85. The molecule has 0 spiro atoms. The molecule has 2 heteroatoms. The Labute approximate surface area is 46.8 Å². The fraction of sp³-hybridized carbons (Fsp3) is 0.750. The van der Waals surface area contributed by atoms with E-state index >= 15 is 0 Å². The second-order valence-electron chi connectivity index (χ2n) is 0.914. The standard InChI is InChI=1S/C4H8BrO/c1-3-6-4(2)5/h4H,1,3H2,2H3. The normalized spacial score (nSPS) is 14.5. The van der Waals surface area contributed by atoms with Crippen molar-refractivity contribution in [3.8, 4) is 0 Å². The topological polar surface area (TPSA) is 9.23 Å². The van der Waals surface area contributed by atoms with E-state index < -0.39 is 0 Å². The van der Waals surface area contributed by atoms with E-state index in [0.29, 0.717) is 6.61 Å². The van der Waals surface area contributed by atoms with Crippen LogP contribution in [0.2, 0.25) is 0 Å². The highest BCUT2D eigenvalue weighted by molar-refractivity contribution is 9.09. The van der Waals surface area contributed by atoms with Gasteiger partial charge >= 0.3 is 0 Å². The van der Waals surface area contributed by atoms with Gasteiger partial charge in [-0.1, -0.05) is 15.9 Å². The van der Waals surface area contributed by atoms with Gasteiger partial charge in [0.25, 0.3) is 0 Å². The van der Waals surface area contributed by atoms with Crippen LogP contribution in [0.25, 0.3) is 0 Å². The average molecular weight is 152 g/mol. The lowest BCUT2D eigenvalue weighted by molar-refractivity contribution is 0.155. The molecule has 0 heterocycles. The maximum atomic E-state index is 4.85. The van der Waals surface area contributed by atoms with Gasteiger partial charge < -0.3 is 4.74 Å². The van der Waals surface area contributed by atoms with E-state index in [1.54, 1.807) is 0 Å². The summed E-state index contributed by atoms with van der Waals surface area (Å²) in [5.41, 5.74) is 0. The molecule has 0 aromatic heterocycles. The third kappa shape index (κ3) is 4.44. The number of halogens is 1. The molecule has 1 atom stereocenters. The lowest BCUT2D eigenvalue weighted by atomic mass is 10.8. The molecule has 0 aromatic rings. The molecular weight excluding hydrogens is 144 g/mol. The molecule has 1 radical (unpaired) electrons. The van der Waals surface area contributed by atoms with Crippen LogP contribution in [-0.4, -0.2) is 11.6 Å². The number of rotatable bonds is 2. The molecule has 0 aliphatic heterocycles. The van der Waals surface area contributed by atoms with Crippen molar-refractivity contribution in [3.05, 3.63) is 6.92 Å². The fourth-order valence-corrected chi connectivity index (χ4v) is 0.349. The SMILES string of the molecule is [CH2]COC(C)Br. The van der Waals surface area contributed by atoms with Crippen LogP contribution in [-0.2, 0) is 4.74 Å². The summed E-state index contributed by atoms with van der Waals surface area (Å²) < 4.78 is 4.85. The Morgan fingerprint density at radius 2 is 2.50 bits per heavy atom. The Kier molecular flexibility index (Phi) is 3.89. The molecule has 0 fully saturated rings. The van der Waals surface area contributed by atoms with E-state index in [1.807, 2.05) is 6.92 Å². The molecule has 0 aromatic carbocycles. The number of ether oxygens (including phenoxy) is 1. The van der Waals surface area contributed by atoms with Gasteiger partial charge in [-0.2, -0.15) is 0 Å². The van der Waals surface area contributed by atoms with Gasteiger partial charge in [-0.05, 0) is 13.8 Å². The van der Waals surface area contributed by atoms with Crippen molar-refractivity contribution in [2.24, 2.45) is 0 Å².